The minimum absolute atomic E-state index is 0.0262. The van der Waals surface area contributed by atoms with Crippen LogP contribution in [0, 0.1) is 0 Å². The van der Waals surface area contributed by atoms with Gasteiger partial charge in [0.15, 0.2) is 0 Å². The highest BCUT2D eigenvalue weighted by molar-refractivity contribution is 9.10. The number of amides is 1. The Balaban J connectivity index is 1.68. The molecule has 1 aliphatic heterocycles. The van der Waals surface area contributed by atoms with Crippen molar-refractivity contribution in [2.24, 2.45) is 5.73 Å². The summed E-state index contributed by atoms with van der Waals surface area (Å²) >= 11 is 3.39. The van der Waals surface area contributed by atoms with Crippen molar-refractivity contribution in [3.8, 4) is 11.6 Å². The molecule has 0 saturated carbocycles. The highest BCUT2D eigenvalue weighted by Gasteiger charge is 2.22. The zero-order valence-electron chi connectivity index (χ0n) is 12.6. The van der Waals surface area contributed by atoms with Crippen LogP contribution in [0.5, 0.6) is 11.6 Å². The Labute approximate surface area is 143 Å². The maximum absolute atomic E-state index is 12.4. The van der Waals surface area contributed by atoms with Gasteiger partial charge in [-0.1, -0.05) is 22.0 Å². The minimum Gasteiger partial charge on any atom is -0.439 e. The van der Waals surface area contributed by atoms with Crippen LogP contribution in [0.1, 0.15) is 23.2 Å². The van der Waals surface area contributed by atoms with Crippen LogP contribution in [0.2, 0.25) is 0 Å². The van der Waals surface area contributed by atoms with Gasteiger partial charge < -0.3 is 15.4 Å². The van der Waals surface area contributed by atoms with Crippen molar-refractivity contribution >= 4 is 21.8 Å². The van der Waals surface area contributed by atoms with Crippen molar-refractivity contribution in [1.82, 2.24) is 9.88 Å². The Morgan fingerprint density at radius 2 is 2.22 bits per heavy atom. The molecular weight excluding hydrogens is 358 g/mol. The molecule has 23 heavy (non-hydrogen) atoms. The molecule has 0 bridgehead atoms. The van der Waals surface area contributed by atoms with Crippen molar-refractivity contribution in [2.75, 3.05) is 13.1 Å². The lowest BCUT2D eigenvalue weighted by atomic mass is 10.1. The minimum atomic E-state index is -0.0262. The van der Waals surface area contributed by atoms with Crippen LogP contribution in [-0.2, 0) is 0 Å². The smallest absolute Gasteiger partial charge is 0.255 e. The van der Waals surface area contributed by atoms with Gasteiger partial charge in [0.2, 0.25) is 5.88 Å². The summed E-state index contributed by atoms with van der Waals surface area (Å²) in [7, 11) is 0. The van der Waals surface area contributed by atoms with Crippen molar-refractivity contribution in [1.29, 1.82) is 0 Å². The lowest BCUT2D eigenvalue weighted by Gasteiger charge is -2.30. The molecule has 1 aliphatic rings. The quantitative estimate of drug-likeness (QED) is 0.893. The van der Waals surface area contributed by atoms with Gasteiger partial charge in [-0.2, -0.15) is 0 Å². The van der Waals surface area contributed by atoms with Gasteiger partial charge in [-0.05, 0) is 37.1 Å². The van der Waals surface area contributed by atoms with Crippen molar-refractivity contribution in [3.63, 3.8) is 0 Å². The zero-order valence-corrected chi connectivity index (χ0v) is 14.2. The highest BCUT2D eigenvalue weighted by atomic mass is 79.9. The number of carbonyl (C=O) groups excluding carboxylic acids is 1. The first-order valence-electron chi connectivity index (χ1n) is 7.56. The first kappa shape index (κ1) is 16.0. The summed E-state index contributed by atoms with van der Waals surface area (Å²) in [6, 6.07) is 11.0. The fourth-order valence-electron chi connectivity index (χ4n) is 2.60. The second-order valence-corrected chi connectivity index (χ2v) is 6.51. The lowest BCUT2D eigenvalue weighted by Crippen LogP contribution is -2.45. The molecule has 1 aromatic heterocycles. The SMILES string of the molecule is NC1CCCN(C(=O)c2ccc(Oc3cccc(Br)c3)nc2)C1. The van der Waals surface area contributed by atoms with Crippen LogP contribution in [0.3, 0.4) is 0 Å². The van der Waals surface area contributed by atoms with E-state index in [1.165, 1.54) is 0 Å². The fourth-order valence-corrected chi connectivity index (χ4v) is 2.97. The van der Waals surface area contributed by atoms with Crippen molar-refractivity contribution in [3.05, 3.63) is 52.6 Å². The molecule has 0 aliphatic carbocycles. The molecular formula is C17H18BrN3O2. The third-order valence-corrected chi connectivity index (χ3v) is 4.24. The maximum Gasteiger partial charge on any atom is 0.255 e. The first-order valence-corrected chi connectivity index (χ1v) is 8.35. The number of rotatable bonds is 3. The number of aromatic nitrogens is 1. The van der Waals surface area contributed by atoms with Gasteiger partial charge in [0.25, 0.3) is 5.91 Å². The molecule has 1 saturated heterocycles. The largest absolute Gasteiger partial charge is 0.439 e. The molecule has 120 valence electrons. The molecule has 2 heterocycles. The summed E-state index contributed by atoms with van der Waals surface area (Å²) in [5.41, 5.74) is 6.49. The van der Waals surface area contributed by atoms with E-state index in [-0.39, 0.29) is 11.9 Å². The number of benzene rings is 1. The van der Waals surface area contributed by atoms with Gasteiger partial charge in [0, 0.05) is 35.9 Å². The van der Waals surface area contributed by atoms with Crippen LogP contribution >= 0.6 is 15.9 Å². The molecule has 1 unspecified atom stereocenters. The number of pyridine rings is 1. The molecule has 1 amide bonds. The summed E-state index contributed by atoms with van der Waals surface area (Å²) in [6.07, 6.45) is 3.47. The average Bonchev–Trinajstić information content (AvgIpc) is 2.55. The summed E-state index contributed by atoms with van der Waals surface area (Å²) in [5, 5.41) is 0. The Morgan fingerprint density at radius 3 is 2.91 bits per heavy atom. The highest BCUT2D eigenvalue weighted by Crippen LogP contribution is 2.23. The topological polar surface area (TPSA) is 68.5 Å². The number of nitrogens with two attached hydrogens (primary N) is 1. The monoisotopic (exact) mass is 375 g/mol. The molecule has 5 nitrogen and oxygen atoms in total. The van der Waals surface area contributed by atoms with E-state index in [0.29, 0.717) is 23.7 Å². The van der Waals surface area contributed by atoms with Gasteiger partial charge in [-0.3, -0.25) is 4.79 Å². The van der Waals surface area contributed by atoms with E-state index in [0.717, 1.165) is 23.9 Å². The second-order valence-electron chi connectivity index (χ2n) is 5.60. The van der Waals surface area contributed by atoms with E-state index < -0.39 is 0 Å². The Kier molecular flexibility index (Phi) is 4.93. The summed E-state index contributed by atoms with van der Waals surface area (Å²) in [6.45, 7) is 1.36. The van der Waals surface area contributed by atoms with E-state index in [9.17, 15) is 4.79 Å². The van der Waals surface area contributed by atoms with Crippen LogP contribution < -0.4 is 10.5 Å². The summed E-state index contributed by atoms with van der Waals surface area (Å²) in [5.74, 6) is 1.12. The predicted octanol–water partition coefficient (Wildman–Crippen LogP) is 3.20. The fraction of sp³-hybridized carbons (Fsp3) is 0.294. The Morgan fingerprint density at radius 1 is 1.35 bits per heavy atom. The number of nitrogens with zero attached hydrogens (tertiary/aromatic N) is 2. The standard InChI is InChI=1S/C17H18BrN3O2/c18-13-3-1-5-15(9-13)23-16-7-6-12(10-20-16)17(22)21-8-2-4-14(19)11-21/h1,3,5-7,9-10,14H,2,4,8,11,19H2. The maximum atomic E-state index is 12.4. The van der Waals surface area contributed by atoms with Crippen molar-refractivity contribution < 1.29 is 9.53 Å². The van der Waals surface area contributed by atoms with Crippen molar-refractivity contribution in [2.45, 2.75) is 18.9 Å². The Bertz CT molecular complexity index is 690. The average molecular weight is 376 g/mol. The molecule has 2 N–H and O–H groups in total. The number of hydrogen-bond acceptors (Lipinski definition) is 4. The molecule has 1 fully saturated rings. The number of carbonyl (C=O) groups is 1. The second kappa shape index (κ2) is 7.10. The van der Waals surface area contributed by atoms with Gasteiger partial charge in [-0.25, -0.2) is 4.98 Å². The van der Waals surface area contributed by atoms with Crippen LogP contribution in [0.4, 0.5) is 0 Å². The normalized spacial score (nSPS) is 17.8. The molecule has 6 heteroatoms. The third-order valence-electron chi connectivity index (χ3n) is 3.75. The van der Waals surface area contributed by atoms with Crippen LogP contribution in [0.15, 0.2) is 47.1 Å². The Hall–Kier alpha value is -1.92. The van der Waals surface area contributed by atoms with E-state index in [1.807, 2.05) is 24.3 Å². The third kappa shape index (κ3) is 4.09. The van der Waals surface area contributed by atoms with Gasteiger partial charge >= 0.3 is 0 Å². The molecule has 2 aromatic rings. The van der Waals surface area contributed by atoms with E-state index in [1.54, 1.807) is 23.2 Å². The lowest BCUT2D eigenvalue weighted by molar-refractivity contribution is 0.0708. The number of halogens is 1. The summed E-state index contributed by atoms with van der Waals surface area (Å²) in [4.78, 5) is 18.5. The van der Waals surface area contributed by atoms with Crippen LogP contribution in [-0.4, -0.2) is 34.9 Å². The number of likely N-dealkylation sites (tertiary alicyclic amines) is 1. The molecule has 0 spiro atoms. The molecule has 1 atom stereocenters. The summed E-state index contributed by atoms with van der Waals surface area (Å²) < 4.78 is 6.60. The number of piperidine rings is 1. The molecule has 3 rings (SSSR count). The molecule has 0 radical (unpaired) electrons. The van der Waals surface area contributed by atoms with Gasteiger partial charge in [-0.15, -0.1) is 0 Å². The van der Waals surface area contributed by atoms with E-state index in [4.69, 9.17) is 10.5 Å². The van der Waals surface area contributed by atoms with E-state index in [2.05, 4.69) is 20.9 Å². The predicted molar refractivity (Wildman–Crippen MR) is 91.6 cm³/mol. The first-order chi connectivity index (χ1) is 11.1. The number of hydrogen-bond donors (Lipinski definition) is 1. The van der Waals surface area contributed by atoms with Gasteiger partial charge in [0.05, 0.1) is 5.56 Å². The van der Waals surface area contributed by atoms with Crippen LogP contribution in [0.25, 0.3) is 0 Å². The number of ether oxygens (including phenoxy) is 1. The van der Waals surface area contributed by atoms with E-state index >= 15 is 0 Å². The zero-order chi connectivity index (χ0) is 16.2. The van der Waals surface area contributed by atoms with Gasteiger partial charge in [0.1, 0.15) is 5.75 Å². The molecule has 1 aromatic carbocycles.